The van der Waals surface area contributed by atoms with Gasteiger partial charge in [0.1, 0.15) is 5.00 Å². The van der Waals surface area contributed by atoms with Crippen molar-refractivity contribution < 1.29 is 9.59 Å². The average Bonchev–Trinajstić information content (AvgIpc) is 3.26. The molecule has 0 spiro atoms. The highest BCUT2D eigenvalue weighted by Crippen LogP contribution is 2.45. The van der Waals surface area contributed by atoms with E-state index in [-0.39, 0.29) is 17.2 Å². The first-order valence-electron chi connectivity index (χ1n) is 13.8. The van der Waals surface area contributed by atoms with Gasteiger partial charge in [-0.05, 0) is 60.3 Å². The SMILES string of the molecule is Cc1ccccc1C(=O)Nc1sc2c(c1C(=O)N1CCN(Cc3ccccc3)CC1)CC[C@@H](C(C)(C)C)C2. The van der Waals surface area contributed by atoms with Gasteiger partial charge < -0.3 is 10.2 Å². The van der Waals surface area contributed by atoms with Gasteiger partial charge in [-0.15, -0.1) is 11.3 Å². The predicted octanol–water partition coefficient (Wildman–Crippen LogP) is 6.42. The molecule has 2 amide bonds. The van der Waals surface area contributed by atoms with E-state index in [0.29, 0.717) is 24.6 Å². The number of nitrogens with zero attached hydrogens (tertiary/aromatic N) is 2. The highest BCUT2D eigenvalue weighted by atomic mass is 32.1. The molecule has 6 heteroatoms. The third-order valence-corrected chi connectivity index (χ3v) is 9.40. The molecule has 200 valence electrons. The van der Waals surface area contributed by atoms with E-state index in [0.717, 1.165) is 60.6 Å². The van der Waals surface area contributed by atoms with Gasteiger partial charge in [0.25, 0.3) is 11.8 Å². The minimum atomic E-state index is -0.143. The summed E-state index contributed by atoms with van der Waals surface area (Å²) in [4.78, 5) is 33.0. The van der Waals surface area contributed by atoms with E-state index in [1.165, 1.54) is 10.4 Å². The third kappa shape index (κ3) is 5.71. The van der Waals surface area contributed by atoms with Crippen LogP contribution in [0, 0.1) is 18.3 Å². The molecular formula is C32H39N3O2S. The molecule has 0 radical (unpaired) electrons. The molecule has 1 aromatic heterocycles. The summed E-state index contributed by atoms with van der Waals surface area (Å²) < 4.78 is 0. The van der Waals surface area contributed by atoms with Gasteiger partial charge in [0, 0.05) is 43.2 Å². The number of piperazine rings is 1. The highest BCUT2D eigenvalue weighted by molar-refractivity contribution is 7.17. The second-order valence-corrected chi connectivity index (χ2v) is 12.9. The molecule has 2 heterocycles. The van der Waals surface area contributed by atoms with Gasteiger partial charge in [0.05, 0.1) is 5.56 Å². The second kappa shape index (κ2) is 11.0. The fraction of sp³-hybridized carbons (Fsp3) is 0.438. The Morgan fingerprint density at radius 1 is 0.974 bits per heavy atom. The first-order chi connectivity index (χ1) is 18.2. The molecule has 0 unspecified atom stereocenters. The van der Waals surface area contributed by atoms with Crippen LogP contribution in [0.4, 0.5) is 5.00 Å². The molecule has 38 heavy (non-hydrogen) atoms. The molecule has 1 saturated heterocycles. The van der Waals surface area contributed by atoms with Crippen molar-refractivity contribution in [2.24, 2.45) is 11.3 Å². The van der Waals surface area contributed by atoms with Crippen LogP contribution in [0.1, 0.15) is 69.5 Å². The summed E-state index contributed by atoms with van der Waals surface area (Å²) in [5.74, 6) is 0.491. The van der Waals surface area contributed by atoms with Crippen LogP contribution in [-0.2, 0) is 19.4 Å². The number of fused-ring (bicyclic) bond motifs is 1. The Kier molecular flexibility index (Phi) is 7.73. The number of carbonyl (C=O) groups excluding carboxylic acids is 2. The minimum absolute atomic E-state index is 0.0659. The summed E-state index contributed by atoms with van der Waals surface area (Å²) in [7, 11) is 0. The van der Waals surface area contributed by atoms with E-state index in [2.05, 4.69) is 55.3 Å². The molecule has 3 aromatic rings. The van der Waals surface area contributed by atoms with Crippen molar-refractivity contribution in [3.05, 3.63) is 87.3 Å². The zero-order chi connectivity index (χ0) is 26.9. The van der Waals surface area contributed by atoms with Gasteiger partial charge >= 0.3 is 0 Å². The van der Waals surface area contributed by atoms with Crippen LogP contribution < -0.4 is 5.32 Å². The molecule has 2 aromatic carbocycles. The molecule has 1 aliphatic heterocycles. The Balaban J connectivity index is 1.38. The van der Waals surface area contributed by atoms with Crippen LogP contribution in [0.5, 0.6) is 0 Å². The lowest BCUT2D eigenvalue weighted by atomic mass is 9.72. The first kappa shape index (κ1) is 26.6. The summed E-state index contributed by atoms with van der Waals surface area (Å²) in [5.41, 5.74) is 4.99. The van der Waals surface area contributed by atoms with Crippen molar-refractivity contribution in [1.82, 2.24) is 9.80 Å². The van der Waals surface area contributed by atoms with Gasteiger partial charge in [-0.25, -0.2) is 0 Å². The van der Waals surface area contributed by atoms with E-state index < -0.39 is 0 Å². The number of thiophene rings is 1. The second-order valence-electron chi connectivity index (χ2n) is 11.8. The topological polar surface area (TPSA) is 52.7 Å². The lowest BCUT2D eigenvalue weighted by Gasteiger charge is -2.36. The molecule has 0 saturated carbocycles. The summed E-state index contributed by atoms with van der Waals surface area (Å²) in [6.45, 7) is 12.9. The van der Waals surface area contributed by atoms with Crippen LogP contribution in [0.2, 0.25) is 0 Å². The number of anilines is 1. The highest BCUT2D eigenvalue weighted by Gasteiger charge is 2.36. The zero-order valence-corrected chi connectivity index (χ0v) is 23.9. The maximum Gasteiger partial charge on any atom is 0.257 e. The number of hydrogen-bond donors (Lipinski definition) is 1. The number of rotatable bonds is 5. The standard InChI is InChI=1S/C32H39N3O2S/c1-22-10-8-9-13-25(22)29(36)33-30-28(26-15-14-24(32(2,3)4)20-27(26)38-30)31(37)35-18-16-34(17-19-35)21-23-11-6-5-7-12-23/h5-13,24H,14-21H2,1-4H3,(H,33,36)/t24-/m1/s1. The smallest absolute Gasteiger partial charge is 0.257 e. The Bertz CT molecular complexity index is 1300. The number of aryl methyl sites for hydroxylation is 1. The van der Waals surface area contributed by atoms with Gasteiger partial charge in [-0.3, -0.25) is 14.5 Å². The Labute approximate surface area is 230 Å². The van der Waals surface area contributed by atoms with Gasteiger partial charge in [-0.1, -0.05) is 69.3 Å². The largest absolute Gasteiger partial charge is 0.336 e. The van der Waals surface area contributed by atoms with E-state index in [1.54, 1.807) is 11.3 Å². The van der Waals surface area contributed by atoms with Gasteiger partial charge in [0.2, 0.25) is 0 Å². The fourth-order valence-electron chi connectivity index (χ4n) is 5.75. The molecule has 1 atom stereocenters. The summed E-state index contributed by atoms with van der Waals surface area (Å²) in [5, 5.41) is 3.88. The molecule has 1 aliphatic carbocycles. The van der Waals surface area contributed by atoms with Crippen molar-refractivity contribution in [3.63, 3.8) is 0 Å². The number of benzene rings is 2. The Hall–Kier alpha value is -2.96. The summed E-state index contributed by atoms with van der Waals surface area (Å²) in [6.07, 6.45) is 2.93. The van der Waals surface area contributed by atoms with E-state index in [4.69, 9.17) is 0 Å². The summed E-state index contributed by atoms with van der Waals surface area (Å²) >= 11 is 1.62. The van der Waals surface area contributed by atoms with Crippen LogP contribution in [-0.4, -0.2) is 47.8 Å². The number of nitrogens with one attached hydrogen (secondary N) is 1. The van der Waals surface area contributed by atoms with Crippen LogP contribution in [0.25, 0.3) is 0 Å². The number of amides is 2. The molecule has 0 bridgehead atoms. The maximum atomic E-state index is 14.0. The van der Waals surface area contributed by atoms with E-state index in [9.17, 15) is 9.59 Å². The van der Waals surface area contributed by atoms with Gasteiger partial charge in [0.15, 0.2) is 0 Å². The molecule has 1 N–H and O–H groups in total. The van der Waals surface area contributed by atoms with E-state index in [1.807, 2.05) is 42.2 Å². The lowest BCUT2D eigenvalue weighted by Crippen LogP contribution is -2.48. The first-order valence-corrected chi connectivity index (χ1v) is 14.6. The lowest BCUT2D eigenvalue weighted by molar-refractivity contribution is 0.0628. The van der Waals surface area contributed by atoms with E-state index >= 15 is 0 Å². The van der Waals surface area contributed by atoms with Crippen molar-refractivity contribution in [3.8, 4) is 0 Å². The maximum absolute atomic E-state index is 14.0. The van der Waals surface area contributed by atoms with Crippen LogP contribution >= 0.6 is 11.3 Å². The van der Waals surface area contributed by atoms with Crippen LogP contribution in [0.3, 0.4) is 0 Å². The van der Waals surface area contributed by atoms with Crippen molar-refractivity contribution in [2.45, 2.75) is 53.5 Å². The number of hydrogen-bond acceptors (Lipinski definition) is 4. The summed E-state index contributed by atoms with van der Waals surface area (Å²) in [6, 6.07) is 18.1. The molecule has 5 nitrogen and oxygen atoms in total. The molecule has 2 aliphatic rings. The predicted molar refractivity (Wildman–Crippen MR) is 156 cm³/mol. The van der Waals surface area contributed by atoms with Crippen molar-refractivity contribution in [2.75, 3.05) is 31.5 Å². The Morgan fingerprint density at radius 3 is 2.34 bits per heavy atom. The van der Waals surface area contributed by atoms with Crippen molar-refractivity contribution >= 4 is 28.2 Å². The monoisotopic (exact) mass is 529 g/mol. The van der Waals surface area contributed by atoms with Gasteiger partial charge in [-0.2, -0.15) is 0 Å². The molecule has 1 fully saturated rings. The quantitative estimate of drug-likeness (QED) is 0.415. The fourth-order valence-corrected chi connectivity index (χ4v) is 7.06. The number of carbonyl (C=O) groups is 2. The third-order valence-electron chi connectivity index (χ3n) is 8.23. The normalized spacial score (nSPS) is 18.2. The zero-order valence-electron chi connectivity index (χ0n) is 23.0. The van der Waals surface area contributed by atoms with Crippen LogP contribution in [0.15, 0.2) is 54.6 Å². The van der Waals surface area contributed by atoms with Crippen molar-refractivity contribution in [1.29, 1.82) is 0 Å². The molecular weight excluding hydrogens is 490 g/mol. The average molecular weight is 530 g/mol. The Morgan fingerprint density at radius 2 is 1.66 bits per heavy atom. The molecule has 5 rings (SSSR count). The minimum Gasteiger partial charge on any atom is -0.336 e.